The fourth-order valence-electron chi connectivity index (χ4n) is 1.44. The Bertz CT molecular complexity index is 437. The van der Waals surface area contributed by atoms with Crippen LogP contribution in [0.5, 0.6) is 0 Å². The van der Waals surface area contributed by atoms with Gasteiger partial charge in [-0.1, -0.05) is 36.2 Å². The van der Waals surface area contributed by atoms with Crippen LogP contribution in [0, 0.1) is 11.3 Å². The Hall–Kier alpha value is -1.04. The van der Waals surface area contributed by atoms with Crippen LogP contribution in [0.3, 0.4) is 0 Å². The summed E-state index contributed by atoms with van der Waals surface area (Å²) in [5.74, 6) is -0.890. The number of carbonyl (C=O) groups is 1. The molecule has 1 aromatic rings. The number of nitriles is 1. The molecule has 0 aliphatic carbocycles. The summed E-state index contributed by atoms with van der Waals surface area (Å²) >= 11 is 11.7. The molecule has 0 aromatic heterocycles. The molecule has 16 heavy (non-hydrogen) atoms. The van der Waals surface area contributed by atoms with Crippen LogP contribution < -0.4 is 0 Å². The summed E-state index contributed by atoms with van der Waals surface area (Å²) in [5.41, 5.74) is 0.534. The predicted molar refractivity (Wildman–Crippen MR) is 64.7 cm³/mol. The molecule has 0 fully saturated rings. The zero-order chi connectivity index (χ0) is 12.1. The van der Waals surface area contributed by atoms with Crippen molar-refractivity contribution >= 4 is 29.0 Å². The average molecular weight is 256 g/mol. The Morgan fingerprint density at radius 3 is 2.69 bits per heavy atom. The van der Waals surface area contributed by atoms with E-state index in [0.717, 1.165) is 6.42 Å². The second-order valence-corrected chi connectivity index (χ2v) is 4.29. The van der Waals surface area contributed by atoms with Gasteiger partial charge in [-0.3, -0.25) is 4.79 Å². The quantitative estimate of drug-likeness (QED) is 0.817. The molecule has 0 aliphatic heterocycles. The van der Waals surface area contributed by atoms with Crippen molar-refractivity contribution in [2.75, 3.05) is 0 Å². The van der Waals surface area contributed by atoms with Crippen molar-refractivity contribution in [1.82, 2.24) is 0 Å². The van der Waals surface area contributed by atoms with Crippen LogP contribution in [-0.4, -0.2) is 5.78 Å². The van der Waals surface area contributed by atoms with Gasteiger partial charge in [0.2, 0.25) is 0 Å². The Balaban J connectivity index is 3.05. The molecule has 0 saturated carbocycles. The van der Waals surface area contributed by atoms with E-state index in [1.165, 1.54) is 0 Å². The highest BCUT2D eigenvalue weighted by Crippen LogP contribution is 2.28. The topological polar surface area (TPSA) is 40.9 Å². The first-order valence-electron chi connectivity index (χ1n) is 4.97. The van der Waals surface area contributed by atoms with Gasteiger partial charge in [-0.05, 0) is 24.1 Å². The van der Waals surface area contributed by atoms with Gasteiger partial charge in [0, 0.05) is 16.5 Å². The second-order valence-electron chi connectivity index (χ2n) is 3.44. The minimum atomic E-state index is -0.787. The standard InChI is InChI=1S/C12H11Cl2NO/c1-2-3-12(16)10(7-15)9-5-4-8(13)6-11(9)14/h4-6,10H,2-3H2,1H3. The Morgan fingerprint density at radius 2 is 2.19 bits per heavy atom. The number of carbonyl (C=O) groups excluding carboxylic acids is 1. The molecule has 4 heteroatoms. The first kappa shape index (κ1) is 13.0. The van der Waals surface area contributed by atoms with Crippen LogP contribution >= 0.6 is 23.2 Å². The smallest absolute Gasteiger partial charge is 0.154 e. The van der Waals surface area contributed by atoms with Gasteiger partial charge in [0.1, 0.15) is 5.92 Å². The highest BCUT2D eigenvalue weighted by molar-refractivity contribution is 6.35. The third-order valence-electron chi connectivity index (χ3n) is 2.22. The monoisotopic (exact) mass is 255 g/mol. The van der Waals surface area contributed by atoms with Gasteiger partial charge in [0.25, 0.3) is 0 Å². The number of hydrogen-bond donors (Lipinski definition) is 0. The summed E-state index contributed by atoms with van der Waals surface area (Å²) in [6, 6.07) is 6.79. The van der Waals surface area contributed by atoms with E-state index >= 15 is 0 Å². The maximum absolute atomic E-state index is 11.7. The van der Waals surface area contributed by atoms with E-state index in [0.29, 0.717) is 22.0 Å². The van der Waals surface area contributed by atoms with Crippen molar-refractivity contribution in [3.63, 3.8) is 0 Å². The molecule has 0 heterocycles. The average Bonchev–Trinajstić information content (AvgIpc) is 2.22. The number of Topliss-reactive ketones (excluding diaryl/α,β-unsaturated/α-hetero) is 1. The van der Waals surface area contributed by atoms with Crippen LogP contribution in [0.15, 0.2) is 18.2 Å². The summed E-state index contributed by atoms with van der Waals surface area (Å²) in [6.45, 7) is 1.90. The number of hydrogen-bond acceptors (Lipinski definition) is 2. The molecular weight excluding hydrogens is 245 g/mol. The largest absolute Gasteiger partial charge is 0.298 e. The van der Waals surface area contributed by atoms with Crippen molar-refractivity contribution in [3.8, 4) is 6.07 Å². The van der Waals surface area contributed by atoms with E-state index < -0.39 is 5.92 Å². The van der Waals surface area contributed by atoms with Gasteiger partial charge in [-0.15, -0.1) is 0 Å². The van der Waals surface area contributed by atoms with Gasteiger partial charge in [-0.2, -0.15) is 5.26 Å². The molecule has 84 valence electrons. The minimum absolute atomic E-state index is 0.103. The lowest BCUT2D eigenvalue weighted by Crippen LogP contribution is -2.10. The van der Waals surface area contributed by atoms with E-state index in [4.69, 9.17) is 28.5 Å². The van der Waals surface area contributed by atoms with E-state index in [9.17, 15) is 4.79 Å². The molecule has 0 aliphatic rings. The number of nitrogens with zero attached hydrogens (tertiary/aromatic N) is 1. The van der Waals surface area contributed by atoms with Crippen molar-refractivity contribution in [2.24, 2.45) is 0 Å². The number of benzene rings is 1. The zero-order valence-electron chi connectivity index (χ0n) is 8.84. The molecule has 0 radical (unpaired) electrons. The maximum atomic E-state index is 11.7. The molecule has 0 saturated heterocycles. The summed E-state index contributed by atoms with van der Waals surface area (Å²) in [6.07, 6.45) is 1.11. The molecule has 0 spiro atoms. The molecule has 0 N–H and O–H groups in total. The lowest BCUT2D eigenvalue weighted by Gasteiger charge is -2.09. The highest BCUT2D eigenvalue weighted by atomic mass is 35.5. The predicted octanol–water partition coefficient (Wildman–Crippen LogP) is 3.97. The normalized spacial score (nSPS) is 11.9. The van der Waals surface area contributed by atoms with Crippen LogP contribution in [0.1, 0.15) is 31.2 Å². The van der Waals surface area contributed by atoms with E-state index in [2.05, 4.69) is 0 Å². The molecule has 1 rings (SSSR count). The van der Waals surface area contributed by atoms with E-state index in [1.807, 2.05) is 13.0 Å². The highest BCUT2D eigenvalue weighted by Gasteiger charge is 2.21. The van der Waals surface area contributed by atoms with E-state index in [-0.39, 0.29) is 5.78 Å². The van der Waals surface area contributed by atoms with Crippen molar-refractivity contribution < 1.29 is 4.79 Å². The fourth-order valence-corrected chi connectivity index (χ4v) is 1.96. The Kier molecular flexibility index (Phi) is 4.79. The third-order valence-corrected chi connectivity index (χ3v) is 2.78. The van der Waals surface area contributed by atoms with Crippen LogP contribution in [0.4, 0.5) is 0 Å². The lowest BCUT2D eigenvalue weighted by molar-refractivity contribution is -0.119. The first-order valence-corrected chi connectivity index (χ1v) is 5.73. The van der Waals surface area contributed by atoms with Gasteiger partial charge in [0.05, 0.1) is 6.07 Å². The summed E-state index contributed by atoms with van der Waals surface area (Å²) in [7, 11) is 0. The van der Waals surface area contributed by atoms with Crippen LogP contribution in [-0.2, 0) is 4.79 Å². The molecule has 1 unspecified atom stereocenters. The van der Waals surface area contributed by atoms with Crippen molar-refractivity contribution in [1.29, 1.82) is 5.26 Å². The molecule has 2 nitrogen and oxygen atoms in total. The third kappa shape index (κ3) is 2.98. The SMILES string of the molecule is CCCC(=O)C(C#N)c1ccc(Cl)cc1Cl. The van der Waals surface area contributed by atoms with Crippen molar-refractivity contribution in [2.45, 2.75) is 25.7 Å². The minimum Gasteiger partial charge on any atom is -0.298 e. The van der Waals surface area contributed by atoms with E-state index in [1.54, 1.807) is 18.2 Å². The first-order chi connectivity index (χ1) is 7.60. The molecular formula is C12H11Cl2NO. The molecule has 1 aromatic carbocycles. The Labute approximate surface area is 105 Å². The zero-order valence-corrected chi connectivity index (χ0v) is 10.3. The number of halogens is 2. The van der Waals surface area contributed by atoms with Gasteiger partial charge >= 0.3 is 0 Å². The van der Waals surface area contributed by atoms with Gasteiger partial charge < -0.3 is 0 Å². The van der Waals surface area contributed by atoms with Crippen LogP contribution in [0.2, 0.25) is 10.0 Å². The van der Waals surface area contributed by atoms with Gasteiger partial charge in [-0.25, -0.2) is 0 Å². The number of ketones is 1. The Morgan fingerprint density at radius 1 is 1.50 bits per heavy atom. The summed E-state index contributed by atoms with van der Waals surface area (Å²) in [4.78, 5) is 11.7. The molecule has 0 bridgehead atoms. The van der Waals surface area contributed by atoms with Gasteiger partial charge in [0.15, 0.2) is 5.78 Å². The maximum Gasteiger partial charge on any atom is 0.154 e. The molecule has 0 amide bonds. The summed E-state index contributed by atoms with van der Waals surface area (Å²) < 4.78 is 0. The number of rotatable bonds is 4. The second kappa shape index (κ2) is 5.89. The fraction of sp³-hybridized carbons (Fsp3) is 0.333. The molecule has 1 atom stereocenters. The van der Waals surface area contributed by atoms with Crippen LogP contribution in [0.25, 0.3) is 0 Å². The lowest BCUT2D eigenvalue weighted by atomic mass is 9.94. The summed E-state index contributed by atoms with van der Waals surface area (Å²) in [5, 5.41) is 9.87. The van der Waals surface area contributed by atoms with Crippen molar-refractivity contribution in [3.05, 3.63) is 33.8 Å².